The zero-order valence-electron chi connectivity index (χ0n) is 7.24. The number of hydrazine groups is 1. The standard InChI is InChI=1S/C8H13N3O/c1-6(11-9)8-7(12-2)4-3-5-10-8/h3-6,11H,9H2,1-2H3. The quantitative estimate of drug-likeness (QED) is 0.511. The number of pyridine rings is 1. The van der Waals surface area contributed by atoms with E-state index in [9.17, 15) is 0 Å². The van der Waals surface area contributed by atoms with Gasteiger partial charge in [-0.15, -0.1) is 0 Å². The van der Waals surface area contributed by atoms with Gasteiger partial charge in [0.15, 0.2) is 0 Å². The number of nitrogens with one attached hydrogen (secondary N) is 1. The maximum Gasteiger partial charge on any atom is 0.142 e. The van der Waals surface area contributed by atoms with Gasteiger partial charge in [0, 0.05) is 6.20 Å². The molecule has 1 unspecified atom stereocenters. The summed E-state index contributed by atoms with van der Waals surface area (Å²) in [5, 5.41) is 0. The van der Waals surface area contributed by atoms with Gasteiger partial charge in [-0.2, -0.15) is 0 Å². The summed E-state index contributed by atoms with van der Waals surface area (Å²) >= 11 is 0. The summed E-state index contributed by atoms with van der Waals surface area (Å²) in [5.41, 5.74) is 3.44. The van der Waals surface area contributed by atoms with Crippen LogP contribution >= 0.6 is 0 Å². The van der Waals surface area contributed by atoms with Gasteiger partial charge in [0.25, 0.3) is 0 Å². The first-order valence-electron chi connectivity index (χ1n) is 3.74. The lowest BCUT2D eigenvalue weighted by Gasteiger charge is -2.12. The smallest absolute Gasteiger partial charge is 0.142 e. The Morgan fingerprint density at radius 1 is 1.67 bits per heavy atom. The zero-order valence-corrected chi connectivity index (χ0v) is 7.24. The van der Waals surface area contributed by atoms with Crippen LogP contribution in [0.5, 0.6) is 5.75 Å². The first kappa shape index (κ1) is 8.96. The predicted octanol–water partition coefficient (Wildman–Crippen LogP) is 0.615. The van der Waals surface area contributed by atoms with Gasteiger partial charge in [0.2, 0.25) is 0 Å². The molecule has 0 saturated carbocycles. The van der Waals surface area contributed by atoms with Crippen molar-refractivity contribution in [1.82, 2.24) is 10.4 Å². The minimum Gasteiger partial charge on any atom is -0.495 e. The molecule has 0 aliphatic rings. The van der Waals surface area contributed by atoms with Crippen molar-refractivity contribution in [3.05, 3.63) is 24.0 Å². The minimum absolute atomic E-state index is 0.00106. The van der Waals surface area contributed by atoms with E-state index < -0.39 is 0 Å². The lowest BCUT2D eigenvalue weighted by molar-refractivity contribution is 0.398. The molecule has 0 saturated heterocycles. The molecule has 0 aliphatic carbocycles. The zero-order chi connectivity index (χ0) is 8.97. The van der Waals surface area contributed by atoms with Gasteiger partial charge in [-0.25, -0.2) is 0 Å². The number of nitrogens with two attached hydrogens (primary N) is 1. The summed E-state index contributed by atoms with van der Waals surface area (Å²) in [5.74, 6) is 6.03. The third-order valence-electron chi connectivity index (χ3n) is 1.68. The molecule has 4 nitrogen and oxygen atoms in total. The van der Waals surface area contributed by atoms with E-state index in [1.54, 1.807) is 13.3 Å². The van der Waals surface area contributed by atoms with Crippen molar-refractivity contribution in [2.45, 2.75) is 13.0 Å². The van der Waals surface area contributed by atoms with Gasteiger partial charge in [0.1, 0.15) is 11.4 Å². The van der Waals surface area contributed by atoms with Gasteiger partial charge in [0.05, 0.1) is 13.2 Å². The van der Waals surface area contributed by atoms with E-state index in [4.69, 9.17) is 10.6 Å². The first-order chi connectivity index (χ1) is 5.79. The number of nitrogens with zero attached hydrogens (tertiary/aromatic N) is 1. The lowest BCUT2D eigenvalue weighted by Crippen LogP contribution is -2.26. The predicted molar refractivity (Wildman–Crippen MR) is 46.5 cm³/mol. The number of aromatic nitrogens is 1. The molecule has 1 aromatic rings. The van der Waals surface area contributed by atoms with E-state index in [0.29, 0.717) is 0 Å². The van der Waals surface area contributed by atoms with E-state index in [0.717, 1.165) is 11.4 Å². The van der Waals surface area contributed by atoms with Crippen molar-refractivity contribution in [1.29, 1.82) is 0 Å². The van der Waals surface area contributed by atoms with E-state index in [1.165, 1.54) is 0 Å². The molecular formula is C8H13N3O. The Hall–Kier alpha value is -1.13. The second-order valence-electron chi connectivity index (χ2n) is 2.48. The van der Waals surface area contributed by atoms with Gasteiger partial charge in [-0.05, 0) is 19.1 Å². The van der Waals surface area contributed by atoms with E-state index >= 15 is 0 Å². The molecule has 0 spiro atoms. The van der Waals surface area contributed by atoms with Crippen molar-refractivity contribution in [3.8, 4) is 5.75 Å². The second kappa shape index (κ2) is 4.04. The molecule has 1 rings (SSSR count). The average Bonchev–Trinajstić information content (AvgIpc) is 2.16. The average molecular weight is 167 g/mol. The molecule has 0 amide bonds. The fourth-order valence-corrected chi connectivity index (χ4v) is 0.980. The highest BCUT2D eigenvalue weighted by molar-refractivity contribution is 5.28. The molecule has 1 atom stereocenters. The summed E-state index contributed by atoms with van der Waals surface area (Å²) in [6.45, 7) is 1.92. The topological polar surface area (TPSA) is 60.2 Å². The third-order valence-corrected chi connectivity index (χ3v) is 1.68. The van der Waals surface area contributed by atoms with Crippen LogP contribution in [0.4, 0.5) is 0 Å². The molecule has 3 N–H and O–H groups in total. The van der Waals surface area contributed by atoms with Crippen molar-refractivity contribution in [2.24, 2.45) is 5.84 Å². The summed E-state index contributed by atoms with van der Waals surface area (Å²) in [7, 11) is 1.61. The fraction of sp³-hybridized carbons (Fsp3) is 0.375. The van der Waals surface area contributed by atoms with Gasteiger partial charge < -0.3 is 4.74 Å². The van der Waals surface area contributed by atoms with Crippen LogP contribution in [-0.2, 0) is 0 Å². The number of ether oxygens (including phenoxy) is 1. The lowest BCUT2D eigenvalue weighted by atomic mass is 10.2. The van der Waals surface area contributed by atoms with Crippen LogP contribution in [0.1, 0.15) is 18.7 Å². The number of hydrogen-bond donors (Lipinski definition) is 2. The fourth-order valence-electron chi connectivity index (χ4n) is 0.980. The van der Waals surface area contributed by atoms with Crippen molar-refractivity contribution in [3.63, 3.8) is 0 Å². The molecule has 0 aliphatic heterocycles. The highest BCUT2D eigenvalue weighted by Crippen LogP contribution is 2.20. The molecule has 1 aromatic heterocycles. The highest BCUT2D eigenvalue weighted by atomic mass is 16.5. The van der Waals surface area contributed by atoms with Crippen LogP contribution in [-0.4, -0.2) is 12.1 Å². The molecule has 0 radical (unpaired) electrons. The molecular weight excluding hydrogens is 154 g/mol. The summed E-state index contributed by atoms with van der Waals surface area (Å²) in [4.78, 5) is 4.15. The Labute approximate surface area is 71.7 Å². The van der Waals surface area contributed by atoms with Gasteiger partial charge in [-0.3, -0.25) is 16.3 Å². The van der Waals surface area contributed by atoms with Gasteiger partial charge >= 0.3 is 0 Å². The third kappa shape index (κ3) is 1.72. The Balaban J connectivity index is 2.96. The van der Waals surface area contributed by atoms with Crippen LogP contribution in [0, 0.1) is 0 Å². The van der Waals surface area contributed by atoms with Crippen LogP contribution in [0.25, 0.3) is 0 Å². The van der Waals surface area contributed by atoms with Gasteiger partial charge in [-0.1, -0.05) is 0 Å². The Morgan fingerprint density at radius 3 is 3.00 bits per heavy atom. The maximum atomic E-state index is 5.28. The van der Waals surface area contributed by atoms with E-state index in [-0.39, 0.29) is 6.04 Å². The Morgan fingerprint density at radius 2 is 2.42 bits per heavy atom. The Bertz CT molecular complexity index is 252. The largest absolute Gasteiger partial charge is 0.495 e. The molecule has 1 heterocycles. The first-order valence-corrected chi connectivity index (χ1v) is 3.74. The molecule has 0 bridgehead atoms. The molecule has 0 fully saturated rings. The van der Waals surface area contributed by atoms with Crippen LogP contribution in [0.15, 0.2) is 18.3 Å². The van der Waals surface area contributed by atoms with E-state index in [1.807, 2.05) is 19.1 Å². The summed E-state index contributed by atoms with van der Waals surface area (Å²) < 4.78 is 5.11. The van der Waals surface area contributed by atoms with Crippen LogP contribution in [0.2, 0.25) is 0 Å². The van der Waals surface area contributed by atoms with Crippen LogP contribution < -0.4 is 16.0 Å². The van der Waals surface area contributed by atoms with Crippen molar-refractivity contribution in [2.75, 3.05) is 7.11 Å². The summed E-state index contributed by atoms with van der Waals surface area (Å²) in [6.07, 6.45) is 1.71. The Kier molecular flexibility index (Phi) is 3.01. The molecule has 0 aromatic carbocycles. The highest BCUT2D eigenvalue weighted by Gasteiger charge is 2.09. The SMILES string of the molecule is COc1cccnc1C(C)NN. The number of hydrogen-bond acceptors (Lipinski definition) is 4. The second-order valence-corrected chi connectivity index (χ2v) is 2.48. The minimum atomic E-state index is 0.00106. The number of methoxy groups -OCH3 is 1. The van der Waals surface area contributed by atoms with Crippen LogP contribution in [0.3, 0.4) is 0 Å². The monoisotopic (exact) mass is 167 g/mol. The molecule has 66 valence electrons. The molecule has 12 heavy (non-hydrogen) atoms. The van der Waals surface area contributed by atoms with Crippen molar-refractivity contribution >= 4 is 0 Å². The van der Waals surface area contributed by atoms with E-state index in [2.05, 4.69) is 10.4 Å². The summed E-state index contributed by atoms with van der Waals surface area (Å²) in [6, 6.07) is 3.68. The maximum absolute atomic E-state index is 5.28. The number of rotatable bonds is 3. The van der Waals surface area contributed by atoms with Crippen molar-refractivity contribution < 1.29 is 4.74 Å². The normalized spacial score (nSPS) is 12.6. The molecule has 4 heteroatoms.